The molecule has 0 fully saturated rings. The van der Waals surface area contributed by atoms with E-state index in [4.69, 9.17) is 19.3 Å². The molecule has 4 rings (SSSR count). The Hall–Kier alpha value is -3.79. The highest BCUT2D eigenvalue weighted by Gasteiger charge is 2.26. The number of fused-ring (bicyclic) bond motifs is 3. The van der Waals surface area contributed by atoms with Crippen LogP contribution in [0.3, 0.4) is 0 Å². The number of aromatic nitrogens is 3. The lowest BCUT2D eigenvalue weighted by atomic mass is 10.1. The van der Waals surface area contributed by atoms with Gasteiger partial charge in [0.05, 0.1) is 7.11 Å². The average molecular weight is 452 g/mol. The maximum atomic E-state index is 10.8. The Morgan fingerprint density at radius 2 is 2.12 bits per heavy atom. The van der Waals surface area contributed by atoms with Gasteiger partial charge in [-0.1, -0.05) is 36.0 Å². The first kappa shape index (κ1) is 21.4. The van der Waals surface area contributed by atoms with Gasteiger partial charge >= 0.3 is 5.97 Å². The zero-order valence-electron chi connectivity index (χ0n) is 17.1. The molecule has 2 aromatic carbocycles. The van der Waals surface area contributed by atoms with Gasteiger partial charge in [0.2, 0.25) is 11.0 Å². The number of anilines is 1. The van der Waals surface area contributed by atoms with Crippen molar-refractivity contribution in [2.24, 2.45) is 0 Å². The number of rotatable bonds is 8. The molecule has 9 nitrogen and oxygen atoms in total. The molecule has 2 N–H and O–H groups in total. The number of hydrogen-bond acceptors (Lipinski definition) is 9. The predicted molar refractivity (Wildman–Crippen MR) is 119 cm³/mol. The summed E-state index contributed by atoms with van der Waals surface area (Å²) in [5.74, 6) is 0.623. The normalized spacial score (nSPS) is 14.1. The molecule has 1 aliphatic rings. The molecular formula is C22H20N4O5S. The van der Waals surface area contributed by atoms with Gasteiger partial charge in [-0.25, -0.2) is 4.79 Å². The number of carboxylic acids is 1. The fourth-order valence-electron chi connectivity index (χ4n) is 3.10. The Morgan fingerprint density at radius 3 is 2.91 bits per heavy atom. The molecule has 10 heteroatoms. The van der Waals surface area contributed by atoms with Crippen molar-refractivity contribution in [3.8, 4) is 28.6 Å². The van der Waals surface area contributed by atoms with E-state index in [9.17, 15) is 4.79 Å². The van der Waals surface area contributed by atoms with Gasteiger partial charge in [0.25, 0.3) is 0 Å². The molecule has 164 valence electrons. The fourth-order valence-corrected chi connectivity index (χ4v) is 3.61. The van der Waals surface area contributed by atoms with Crippen molar-refractivity contribution in [1.29, 1.82) is 0 Å². The van der Waals surface area contributed by atoms with E-state index >= 15 is 0 Å². The minimum atomic E-state index is -1.07. The van der Waals surface area contributed by atoms with Gasteiger partial charge in [-0.3, -0.25) is 0 Å². The van der Waals surface area contributed by atoms with Crippen molar-refractivity contribution >= 4 is 23.4 Å². The van der Waals surface area contributed by atoms with Crippen molar-refractivity contribution in [2.45, 2.75) is 11.4 Å². The molecular weight excluding hydrogens is 432 g/mol. The van der Waals surface area contributed by atoms with Crippen molar-refractivity contribution in [2.75, 3.05) is 24.8 Å². The van der Waals surface area contributed by atoms with Gasteiger partial charge in [0.1, 0.15) is 0 Å². The predicted octanol–water partition coefficient (Wildman–Crippen LogP) is 3.79. The number of hydrogen-bond donors (Lipinski definition) is 2. The lowest BCUT2D eigenvalue weighted by molar-refractivity contribution is -0.139. The summed E-state index contributed by atoms with van der Waals surface area (Å²) < 4.78 is 16.9. The van der Waals surface area contributed by atoms with E-state index in [2.05, 4.69) is 27.1 Å². The van der Waals surface area contributed by atoms with Crippen LogP contribution in [0.25, 0.3) is 11.3 Å². The number of nitrogens with one attached hydrogen (secondary N) is 1. The van der Waals surface area contributed by atoms with E-state index in [-0.39, 0.29) is 0 Å². The third-order valence-corrected chi connectivity index (χ3v) is 5.34. The van der Waals surface area contributed by atoms with E-state index in [1.165, 1.54) is 18.9 Å². The van der Waals surface area contributed by atoms with Crippen molar-refractivity contribution in [3.05, 3.63) is 60.7 Å². The molecule has 0 amide bonds. The molecule has 0 bridgehead atoms. The second-order valence-corrected chi connectivity index (χ2v) is 7.62. The quantitative estimate of drug-likeness (QED) is 0.386. The Morgan fingerprint density at radius 1 is 1.28 bits per heavy atom. The summed E-state index contributed by atoms with van der Waals surface area (Å²) in [5, 5.41) is 21.3. The minimum Gasteiger partial charge on any atom is -0.493 e. The van der Waals surface area contributed by atoms with E-state index in [1.54, 1.807) is 24.3 Å². The molecule has 0 saturated heterocycles. The van der Waals surface area contributed by atoms with Crippen LogP contribution in [-0.4, -0.2) is 45.7 Å². The highest BCUT2D eigenvalue weighted by molar-refractivity contribution is 7.99. The summed E-state index contributed by atoms with van der Waals surface area (Å²) >= 11 is 1.41. The summed E-state index contributed by atoms with van der Waals surface area (Å²) in [7, 11) is 1.49. The molecule has 0 aliphatic carbocycles. The van der Waals surface area contributed by atoms with Crippen LogP contribution in [-0.2, 0) is 4.79 Å². The van der Waals surface area contributed by atoms with Crippen LogP contribution < -0.4 is 19.5 Å². The van der Waals surface area contributed by atoms with Gasteiger partial charge in [-0.2, -0.15) is 4.98 Å². The zero-order valence-corrected chi connectivity index (χ0v) is 18.0. The van der Waals surface area contributed by atoms with Crippen LogP contribution in [0.1, 0.15) is 11.8 Å². The number of carboxylic acid groups (broad SMARTS) is 1. The molecule has 0 saturated carbocycles. The van der Waals surface area contributed by atoms with Crippen LogP contribution in [0.5, 0.6) is 17.4 Å². The van der Waals surface area contributed by atoms with E-state index in [0.717, 1.165) is 16.8 Å². The van der Waals surface area contributed by atoms with Gasteiger partial charge < -0.3 is 24.6 Å². The maximum Gasteiger partial charge on any atom is 0.341 e. The van der Waals surface area contributed by atoms with E-state index < -0.39 is 18.8 Å². The monoisotopic (exact) mass is 452 g/mol. The summed E-state index contributed by atoms with van der Waals surface area (Å²) in [6.07, 6.45) is 1.15. The topological polar surface area (TPSA) is 116 Å². The van der Waals surface area contributed by atoms with Crippen molar-refractivity contribution < 1.29 is 24.1 Å². The van der Waals surface area contributed by atoms with Gasteiger partial charge in [0.15, 0.2) is 30.0 Å². The lowest BCUT2D eigenvalue weighted by Crippen LogP contribution is -2.17. The second kappa shape index (κ2) is 9.56. The number of para-hydroxylation sites is 1. The number of aliphatic carboxylic acids is 1. The highest BCUT2D eigenvalue weighted by atomic mass is 32.2. The summed E-state index contributed by atoms with van der Waals surface area (Å²) in [5.41, 5.74) is 2.89. The van der Waals surface area contributed by atoms with Crippen LogP contribution in [0.15, 0.2) is 60.3 Å². The first-order chi connectivity index (χ1) is 15.6. The molecule has 32 heavy (non-hydrogen) atoms. The minimum absolute atomic E-state index is 0.320. The SMILES string of the molecule is C=CCSc1nnc2c(n1)OC(c1ccc(OCC(=O)O)c(OC)c1)Nc1ccccc1-2. The highest BCUT2D eigenvalue weighted by Crippen LogP contribution is 2.40. The number of methoxy groups -OCH3 is 1. The van der Waals surface area contributed by atoms with Crippen LogP contribution in [0.4, 0.5) is 5.69 Å². The Labute approximate surface area is 188 Å². The molecule has 2 heterocycles. The molecule has 0 radical (unpaired) electrons. The first-order valence-corrected chi connectivity index (χ1v) is 10.6. The zero-order chi connectivity index (χ0) is 22.5. The maximum absolute atomic E-state index is 10.8. The number of carbonyl (C=O) groups is 1. The van der Waals surface area contributed by atoms with Gasteiger partial charge in [-0.05, 0) is 24.3 Å². The Balaban J connectivity index is 1.72. The van der Waals surface area contributed by atoms with Crippen LogP contribution in [0, 0.1) is 0 Å². The molecule has 1 aromatic heterocycles. The Bertz CT molecular complexity index is 1160. The summed E-state index contributed by atoms with van der Waals surface area (Å²) in [6, 6.07) is 12.8. The van der Waals surface area contributed by atoms with Crippen molar-refractivity contribution in [1.82, 2.24) is 15.2 Å². The van der Waals surface area contributed by atoms with Crippen LogP contribution in [0.2, 0.25) is 0 Å². The average Bonchev–Trinajstić information content (AvgIpc) is 2.97. The smallest absolute Gasteiger partial charge is 0.341 e. The van der Waals surface area contributed by atoms with Gasteiger partial charge in [-0.15, -0.1) is 16.8 Å². The number of nitrogens with zero attached hydrogens (tertiary/aromatic N) is 3. The van der Waals surface area contributed by atoms with E-state index in [0.29, 0.717) is 34.0 Å². The van der Waals surface area contributed by atoms with Crippen molar-refractivity contribution in [3.63, 3.8) is 0 Å². The lowest BCUT2D eigenvalue weighted by Gasteiger charge is -2.20. The molecule has 3 aromatic rings. The van der Waals surface area contributed by atoms with E-state index in [1.807, 2.05) is 24.3 Å². The number of ether oxygens (including phenoxy) is 3. The largest absolute Gasteiger partial charge is 0.493 e. The molecule has 0 spiro atoms. The third kappa shape index (κ3) is 4.59. The standard InChI is InChI=1S/C22H20N4O5S/c1-3-10-32-22-24-21-19(25-26-22)14-6-4-5-7-15(14)23-20(31-21)13-8-9-16(17(11-13)29-2)30-12-18(27)28/h3-9,11,20,23H,1,10,12H2,2H3,(H,27,28). The second-order valence-electron chi connectivity index (χ2n) is 6.63. The van der Waals surface area contributed by atoms with Crippen LogP contribution >= 0.6 is 11.8 Å². The summed E-state index contributed by atoms with van der Waals surface area (Å²) in [4.78, 5) is 15.4. The summed E-state index contributed by atoms with van der Waals surface area (Å²) in [6.45, 7) is 3.24. The first-order valence-electron chi connectivity index (χ1n) is 9.62. The fraction of sp³-hybridized carbons (Fsp3) is 0.182. The number of thioether (sulfide) groups is 1. The molecule has 1 aliphatic heterocycles. The molecule has 1 atom stereocenters. The number of benzene rings is 2. The Kier molecular flexibility index (Phi) is 6.41. The molecule has 1 unspecified atom stereocenters. The third-order valence-electron chi connectivity index (χ3n) is 4.51. The van der Waals surface area contributed by atoms with Gasteiger partial charge in [0, 0.05) is 22.6 Å².